The van der Waals surface area contributed by atoms with Crippen LogP contribution in [0.2, 0.25) is 0 Å². The van der Waals surface area contributed by atoms with Crippen LogP contribution < -0.4 is 4.74 Å². The third kappa shape index (κ3) is 3.13. The quantitative estimate of drug-likeness (QED) is 0.826. The number of aromatic nitrogens is 1. The summed E-state index contributed by atoms with van der Waals surface area (Å²) in [5.41, 5.74) is -0.312. The summed E-state index contributed by atoms with van der Waals surface area (Å²) in [7, 11) is 0. The highest BCUT2D eigenvalue weighted by Crippen LogP contribution is 2.43. The van der Waals surface area contributed by atoms with E-state index in [1.807, 2.05) is 17.0 Å². The first-order valence-corrected chi connectivity index (χ1v) is 9.37. The summed E-state index contributed by atoms with van der Waals surface area (Å²) in [6.07, 6.45) is 5.40. The Bertz CT molecular complexity index is 603. The van der Waals surface area contributed by atoms with E-state index in [4.69, 9.17) is 9.47 Å². The van der Waals surface area contributed by atoms with Gasteiger partial charge in [0.25, 0.3) is 0 Å². The zero-order chi connectivity index (χ0) is 17.3. The van der Waals surface area contributed by atoms with Gasteiger partial charge >= 0.3 is 0 Å². The van der Waals surface area contributed by atoms with E-state index < -0.39 is 0 Å². The SMILES string of the molecule is CCN1C[C@@H]2COC[C@]2(C(=O)N2CCC(Oc3cccnc3)CC2)C1. The minimum atomic E-state index is -0.312. The lowest BCUT2D eigenvalue weighted by Crippen LogP contribution is -2.52. The maximum Gasteiger partial charge on any atom is 0.232 e. The third-order valence-corrected chi connectivity index (χ3v) is 5.98. The number of ether oxygens (including phenoxy) is 2. The Balaban J connectivity index is 1.36. The van der Waals surface area contributed by atoms with Gasteiger partial charge in [-0.15, -0.1) is 0 Å². The molecule has 2 atom stereocenters. The number of fused-ring (bicyclic) bond motifs is 1. The van der Waals surface area contributed by atoms with Gasteiger partial charge in [0.15, 0.2) is 0 Å². The normalized spacial score (nSPS) is 30.4. The number of rotatable bonds is 4. The molecule has 4 rings (SSSR count). The molecule has 4 heterocycles. The van der Waals surface area contributed by atoms with Crippen LogP contribution in [-0.4, -0.2) is 72.7 Å². The molecule has 0 saturated carbocycles. The van der Waals surface area contributed by atoms with Crippen LogP contribution in [0.4, 0.5) is 0 Å². The van der Waals surface area contributed by atoms with Gasteiger partial charge in [0.1, 0.15) is 11.9 Å². The molecule has 0 spiro atoms. The first-order valence-electron chi connectivity index (χ1n) is 9.37. The van der Waals surface area contributed by atoms with Gasteiger partial charge < -0.3 is 19.3 Å². The molecule has 6 nitrogen and oxygen atoms in total. The molecule has 3 saturated heterocycles. The fraction of sp³-hybridized carbons (Fsp3) is 0.684. The van der Waals surface area contributed by atoms with Crippen molar-refractivity contribution in [2.45, 2.75) is 25.9 Å². The van der Waals surface area contributed by atoms with Crippen molar-refractivity contribution in [3.63, 3.8) is 0 Å². The van der Waals surface area contributed by atoms with Crippen LogP contribution in [-0.2, 0) is 9.53 Å². The van der Waals surface area contributed by atoms with Crippen molar-refractivity contribution in [1.82, 2.24) is 14.8 Å². The lowest BCUT2D eigenvalue weighted by Gasteiger charge is -2.37. The molecule has 0 radical (unpaired) electrons. The lowest BCUT2D eigenvalue weighted by molar-refractivity contribution is -0.144. The van der Waals surface area contributed by atoms with E-state index >= 15 is 0 Å². The molecule has 1 amide bonds. The van der Waals surface area contributed by atoms with Crippen molar-refractivity contribution in [2.24, 2.45) is 11.3 Å². The topological polar surface area (TPSA) is 54.9 Å². The summed E-state index contributed by atoms with van der Waals surface area (Å²) in [6, 6.07) is 3.81. The Morgan fingerprint density at radius 3 is 3.00 bits per heavy atom. The second kappa shape index (κ2) is 6.92. The first kappa shape index (κ1) is 16.8. The number of hydrogen-bond acceptors (Lipinski definition) is 5. The van der Waals surface area contributed by atoms with E-state index in [-0.39, 0.29) is 11.5 Å². The largest absolute Gasteiger partial charge is 0.489 e. The fourth-order valence-electron chi connectivity index (χ4n) is 4.48. The predicted octanol–water partition coefficient (Wildman–Crippen LogP) is 1.42. The average Bonchev–Trinajstić information content (AvgIpc) is 3.20. The number of carbonyl (C=O) groups excluding carboxylic acids is 1. The molecule has 0 aromatic carbocycles. The standard InChI is InChI=1S/C19H27N3O3/c1-2-21-11-15-12-24-14-19(15,13-21)18(23)22-8-5-16(6-9-22)25-17-4-3-7-20-10-17/h3-4,7,10,15-16H,2,5-6,8-9,11-14H2,1H3/t15-,19-/m1/s1. The van der Waals surface area contributed by atoms with Gasteiger partial charge in [0.2, 0.25) is 5.91 Å². The Labute approximate surface area is 149 Å². The first-order chi connectivity index (χ1) is 12.2. The Morgan fingerprint density at radius 1 is 1.44 bits per heavy atom. The van der Waals surface area contributed by atoms with Crippen LogP contribution in [0.3, 0.4) is 0 Å². The van der Waals surface area contributed by atoms with Gasteiger partial charge in [-0.1, -0.05) is 6.92 Å². The highest BCUT2D eigenvalue weighted by Gasteiger charge is 2.56. The second-order valence-electron chi connectivity index (χ2n) is 7.49. The minimum absolute atomic E-state index is 0.164. The van der Waals surface area contributed by atoms with E-state index in [0.717, 1.165) is 57.9 Å². The summed E-state index contributed by atoms with van der Waals surface area (Å²) in [6.45, 7) is 7.85. The summed E-state index contributed by atoms with van der Waals surface area (Å²) in [4.78, 5) is 21.8. The van der Waals surface area contributed by atoms with E-state index in [9.17, 15) is 4.79 Å². The van der Waals surface area contributed by atoms with Crippen molar-refractivity contribution in [3.8, 4) is 5.75 Å². The molecule has 0 bridgehead atoms. The summed E-state index contributed by atoms with van der Waals surface area (Å²) >= 11 is 0. The van der Waals surface area contributed by atoms with Crippen LogP contribution in [0, 0.1) is 11.3 Å². The summed E-state index contributed by atoms with van der Waals surface area (Å²) in [5, 5.41) is 0. The van der Waals surface area contributed by atoms with Crippen molar-refractivity contribution in [3.05, 3.63) is 24.5 Å². The van der Waals surface area contributed by atoms with Crippen molar-refractivity contribution in [1.29, 1.82) is 0 Å². The van der Waals surface area contributed by atoms with Gasteiger partial charge in [0, 0.05) is 51.1 Å². The van der Waals surface area contributed by atoms with Gasteiger partial charge in [-0.3, -0.25) is 9.78 Å². The number of hydrogen-bond donors (Lipinski definition) is 0. The maximum absolute atomic E-state index is 13.3. The van der Waals surface area contributed by atoms with Crippen molar-refractivity contribution in [2.75, 3.05) is 45.9 Å². The molecular weight excluding hydrogens is 318 g/mol. The van der Waals surface area contributed by atoms with Gasteiger partial charge in [-0.05, 0) is 18.7 Å². The Kier molecular flexibility index (Phi) is 4.65. The molecule has 3 fully saturated rings. The van der Waals surface area contributed by atoms with E-state index in [2.05, 4.69) is 16.8 Å². The number of likely N-dealkylation sites (tertiary alicyclic amines) is 2. The Hall–Kier alpha value is -1.66. The molecule has 0 N–H and O–H groups in total. The van der Waals surface area contributed by atoms with Crippen LogP contribution in [0.25, 0.3) is 0 Å². The number of piperidine rings is 1. The predicted molar refractivity (Wildman–Crippen MR) is 93.3 cm³/mol. The number of carbonyl (C=O) groups is 1. The van der Waals surface area contributed by atoms with Gasteiger partial charge in [0.05, 0.1) is 24.8 Å². The maximum atomic E-state index is 13.3. The molecule has 6 heteroatoms. The average molecular weight is 345 g/mol. The zero-order valence-electron chi connectivity index (χ0n) is 14.9. The fourth-order valence-corrected chi connectivity index (χ4v) is 4.48. The van der Waals surface area contributed by atoms with Crippen LogP contribution >= 0.6 is 0 Å². The molecule has 136 valence electrons. The molecule has 1 aromatic heterocycles. The van der Waals surface area contributed by atoms with Crippen molar-refractivity contribution < 1.29 is 14.3 Å². The summed E-state index contributed by atoms with van der Waals surface area (Å²) < 4.78 is 11.7. The zero-order valence-corrected chi connectivity index (χ0v) is 14.9. The lowest BCUT2D eigenvalue weighted by atomic mass is 9.79. The van der Waals surface area contributed by atoms with Gasteiger partial charge in [-0.25, -0.2) is 0 Å². The van der Waals surface area contributed by atoms with E-state index in [1.165, 1.54) is 0 Å². The Morgan fingerprint density at radius 2 is 2.28 bits per heavy atom. The highest BCUT2D eigenvalue weighted by molar-refractivity contribution is 5.84. The van der Waals surface area contributed by atoms with E-state index in [1.54, 1.807) is 12.4 Å². The number of amides is 1. The summed E-state index contributed by atoms with van der Waals surface area (Å²) in [5.74, 6) is 1.46. The minimum Gasteiger partial charge on any atom is -0.489 e. The molecule has 3 aliphatic rings. The molecule has 3 aliphatic heterocycles. The molecule has 1 aromatic rings. The van der Waals surface area contributed by atoms with Crippen LogP contribution in [0.5, 0.6) is 5.75 Å². The van der Waals surface area contributed by atoms with Crippen molar-refractivity contribution >= 4 is 5.91 Å². The molecule has 0 aliphatic carbocycles. The second-order valence-corrected chi connectivity index (χ2v) is 7.49. The molecule has 25 heavy (non-hydrogen) atoms. The molecular formula is C19H27N3O3. The van der Waals surface area contributed by atoms with Gasteiger partial charge in [-0.2, -0.15) is 0 Å². The highest BCUT2D eigenvalue weighted by atomic mass is 16.5. The number of nitrogens with zero attached hydrogens (tertiary/aromatic N) is 3. The number of pyridine rings is 1. The van der Waals surface area contributed by atoms with E-state index in [0.29, 0.717) is 18.4 Å². The third-order valence-electron chi connectivity index (χ3n) is 5.98. The van der Waals surface area contributed by atoms with Crippen LogP contribution in [0.1, 0.15) is 19.8 Å². The van der Waals surface area contributed by atoms with Crippen LogP contribution in [0.15, 0.2) is 24.5 Å². The molecule has 0 unspecified atom stereocenters. The smallest absolute Gasteiger partial charge is 0.232 e. The monoisotopic (exact) mass is 345 g/mol.